The summed E-state index contributed by atoms with van der Waals surface area (Å²) in [5.41, 5.74) is 5.65. The number of hydrogen-bond donors (Lipinski definition) is 4. The largest absolute Gasteiger partial charge is 0.481 e. The number of amides is 1. The summed E-state index contributed by atoms with van der Waals surface area (Å²) in [6, 6.07) is 26.8. The molecule has 4 N–H and O–H groups in total. The van der Waals surface area contributed by atoms with E-state index in [-0.39, 0.29) is 36.7 Å². The second-order valence-electron chi connectivity index (χ2n) is 12.2. The van der Waals surface area contributed by atoms with Crippen LogP contribution in [0.5, 0.6) is 0 Å². The first-order valence-electron chi connectivity index (χ1n) is 16.8. The number of aliphatic hydroxyl groups is 1. The highest BCUT2D eigenvalue weighted by atomic mass is 32.2. The molecular weight excluding hydrogens is 657 g/mol. The summed E-state index contributed by atoms with van der Waals surface area (Å²) in [5, 5.41) is 31.3. The minimum Gasteiger partial charge on any atom is -0.481 e. The van der Waals surface area contributed by atoms with E-state index in [1.807, 2.05) is 72.8 Å². The van der Waals surface area contributed by atoms with Crippen LogP contribution in [0.4, 0.5) is 0 Å². The molecule has 11 heteroatoms. The van der Waals surface area contributed by atoms with E-state index in [1.54, 1.807) is 18.3 Å². The molecule has 50 heavy (non-hydrogen) atoms. The van der Waals surface area contributed by atoms with Gasteiger partial charge >= 0.3 is 11.9 Å². The minimum atomic E-state index is -1.03. The zero-order chi connectivity index (χ0) is 35.3. The Hall–Kier alpha value is -4.55. The zero-order valence-corrected chi connectivity index (χ0v) is 28.5. The van der Waals surface area contributed by atoms with Crippen LogP contribution in [-0.4, -0.2) is 50.0 Å². The van der Waals surface area contributed by atoms with Gasteiger partial charge in [0, 0.05) is 43.3 Å². The van der Waals surface area contributed by atoms with Crippen molar-refractivity contribution >= 4 is 29.6 Å². The molecular formula is C39H42N2O8S. The molecule has 0 radical (unpaired) electrons. The maximum absolute atomic E-state index is 12.4. The van der Waals surface area contributed by atoms with Gasteiger partial charge in [-0.05, 0) is 64.9 Å². The molecule has 262 valence electrons. The summed E-state index contributed by atoms with van der Waals surface area (Å²) < 4.78 is 13.0. The van der Waals surface area contributed by atoms with Gasteiger partial charge in [-0.25, -0.2) is 9.78 Å². The standard InChI is InChI=1S/C39H42N2O8S/c42-24-26-15-17-28(18-16-26)34-22-32(25-50-37-33(38(46)47)12-7-19-40-37)48-39(49-34)31-11-6-10-30(21-31)29-9-5-8-27(20-29)23-41-35(43)13-3-1-2-4-14-36(44)45/h5-12,15-21,32,34,39,42H,1-4,13-14,22-25H2,(H,41,43)(H,44,45)(H,46,47)/t32-,34+,39+/m1/s1. The number of nitrogens with one attached hydrogen (secondary N) is 1. The molecule has 0 aliphatic carbocycles. The highest BCUT2D eigenvalue weighted by Crippen LogP contribution is 2.40. The topological polar surface area (TPSA) is 155 Å². The predicted molar refractivity (Wildman–Crippen MR) is 189 cm³/mol. The number of rotatable bonds is 17. The number of nitrogens with zero attached hydrogens (tertiary/aromatic N) is 1. The maximum atomic E-state index is 12.4. The van der Waals surface area contributed by atoms with Crippen LogP contribution in [0.25, 0.3) is 11.1 Å². The smallest absolute Gasteiger partial charge is 0.338 e. The van der Waals surface area contributed by atoms with E-state index in [2.05, 4.69) is 10.3 Å². The Labute approximate surface area is 295 Å². The van der Waals surface area contributed by atoms with Crippen molar-refractivity contribution < 1.29 is 39.2 Å². The van der Waals surface area contributed by atoms with Crippen LogP contribution in [0, 0.1) is 0 Å². The first-order valence-corrected chi connectivity index (χ1v) is 17.8. The van der Waals surface area contributed by atoms with Gasteiger partial charge in [-0.15, -0.1) is 11.8 Å². The van der Waals surface area contributed by atoms with Gasteiger partial charge in [0.15, 0.2) is 6.29 Å². The molecule has 5 rings (SSSR count). The van der Waals surface area contributed by atoms with Gasteiger partial charge in [0.25, 0.3) is 0 Å². The number of hydrogen-bond acceptors (Lipinski definition) is 8. The van der Waals surface area contributed by atoms with Crippen LogP contribution in [0.15, 0.2) is 96.2 Å². The lowest BCUT2D eigenvalue weighted by Crippen LogP contribution is -2.31. The van der Waals surface area contributed by atoms with Gasteiger partial charge in [0.05, 0.1) is 24.4 Å². The molecule has 2 heterocycles. The number of pyridine rings is 1. The lowest BCUT2D eigenvalue weighted by atomic mass is 9.99. The SMILES string of the molecule is O=C(O)CCCCCCC(=O)NCc1cccc(-c2cccc([C@H]3O[C@@H](CSc4ncccc4C(=O)O)C[C@@H](c4ccc(CO)cc4)O3)c2)c1. The van der Waals surface area contributed by atoms with Crippen LogP contribution in [0.2, 0.25) is 0 Å². The molecule has 10 nitrogen and oxygen atoms in total. The Balaban J connectivity index is 1.26. The van der Waals surface area contributed by atoms with Crippen molar-refractivity contribution in [2.24, 2.45) is 0 Å². The highest BCUT2D eigenvalue weighted by molar-refractivity contribution is 7.99. The third kappa shape index (κ3) is 10.7. The number of carbonyl (C=O) groups is 3. The number of thioether (sulfide) groups is 1. The van der Waals surface area contributed by atoms with Crippen molar-refractivity contribution in [3.63, 3.8) is 0 Å². The fourth-order valence-electron chi connectivity index (χ4n) is 5.79. The Kier molecular flexibility index (Phi) is 13.5. The zero-order valence-electron chi connectivity index (χ0n) is 27.7. The second kappa shape index (κ2) is 18.4. The molecule has 3 aromatic carbocycles. The Morgan fingerprint density at radius 1 is 0.800 bits per heavy atom. The van der Waals surface area contributed by atoms with E-state index in [0.717, 1.165) is 52.6 Å². The number of benzene rings is 3. The molecule has 4 aromatic rings. The number of unbranched alkanes of at least 4 members (excludes halogenated alkanes) is 3. The van der Waals surface area contributed by atoms with E-state index in [0.29, 0.717) is 36.6 Å². The summed E-state index contributed by atoms with van der Waals surface area (Å²) in [4.78, 5) is 39.1. The molecule has 1 aliphatic heterocycles. The molecule has 0 unspecified atom stereocenters. The summed E-state index contributed by atoms with van der Waals surface area (Å²) in [6.45, 7) is 0.348. The maximum Gasteiger partial charge on any atom is 0.338 e. The number of carbonyl (C=O) groups excluding carboxylic acids is 1. The molecule has 1 amide bonds. The minimum absolute atomic E-state index is 0.0299. The highest BCUT2D eigenvalue weighted by Gasteiger charge is 2.33. The van der Waals surface area contributed by atoms with Crippen molar-refractivity contribution in [1.29, 1.82) is 0 Å². The average molecular weight is 699 g/mol. The van der Waals surface area contributed by atoms with Crippen molar-refractivity contribution in [2.45, 2.75) is 81.6 Å². The fourth-order valence-corrected chi connectivity index (χ4v) is 6.80. The molecule has 0 bridgehead atoms. The van der Waals surface area contributed by atoms with Gasteiger partial charge in [0.1, 0.15) is 5.03 Å². The Morgan fingerprint density at radius 2 is 1.54 bits per heavy atom. The van der Waals surface area contributed by atoms with Crippen LogP contribution in [0.3, 0.4) is 0 Å². The summed E-state index contributed by atoms with van der Waals surface area (Å²) in [5.74, 6) is -1.38. The van der Waals surface area contributed by atoms with Crippen molar-refractivity contribution in [2.75, 3.05) is 5.75 Å². The third-order valence-corrected chi connectivity index (χ3v) is 9.61. The fraction of sp³-hybridized carbons (Fsp3) is 0.333. The number of aromatic carboxylic acids is 1. The summed E-state index contributed by atoms with van der Waals surface area (Å²) in [7, 11) is 0. The van der Waals surface area contributed by atoms with Gasteiger partial charge in [-0.1, -0.05) is 73.5 Å². The number of aromatic nitrogens is 1. The molecule has 1 aliphatic rings. The lowest BCUT2D eigenvalue weighted by molar-refractivity contribution is -0.245. The second-order valence-corrected chi connectivity index (χ2v) is 13.2. The molecule has 0 saturated carbocycles. The number of ether oxygens (including phenoxy) is 2. The monoisotopic (exact) mass is 698 g/mol. The first kappa shape index (κ1) is 36.7. The number of aliphatic carboxylic acids is 1. The predicted octanol–water partition coefficient (Wildman–Crippen LogP) is 7.32. The number of carboxylic acids is 2. The number of aliphatic hydroxyl groups excluding tert-OH is 1. The quantitative estimate of drug-likeness (QED) is 0.0651. The van der Waals surface area contributed by atoms with Gasteiger partial charge in [-0.2, -0.15) is 0 Å². The van der Waals surface area contributed by atoms with Gasteiger partial charge in [0.2, 0.25) is 5.91 Å². The lowest BCUT2D eigenvalue weighted by Gasteiger charge is -2.36. The Bertz CT molecular complexity index is 1750. The van der Waals surface area contributed by atoms with Gasteiger partial charge < -0.3 is 30.1 Å². The average Bonchev–Trinajstić information content (AvgIpc) is 3.14. The van der Waals surface area contributed by atoms with E-state index in [9.17, 15) is 24.6 Å². The van der Waals surface area contributed by atoms with Crippen LogP contribution in [0.1, 0.15) is 90.0 Å². The molecule has 1 fully saturated rings. The van der Waals surface area contributed by atoms with Crippen molar-refractivity contribution in [1.82, 2.24) is 10.3 Å². The van der Waals surface area contributed by atoms with E-state index >= 15 is 0 Å². The molecule has 3 atom stereocenters. The van der Waals surface area contributed by atoms with E-state index in [4.69, 9.17) is 14.6 Å². The first-order chi connectivity index (χ1) is 24.3. The Morgan fingerprint density at radius 3 is 2.28 bits per heavy atom. The molecule has 0 spiro atoms. The third-order valence-electron chi connectivity index (χ3n) is 8.48. The molecule has 1 saturated heterocycles. The van der Waals surface area contributed by atoms with Gasteiger partial charge in [-0.3, -0.25) is 9.59 Å². The summed E-state index contributed by atoms with van der Waals surface area (Å²) >= 11 is 1.34. The number of carboxylic acid groups (broad SMARTS) is 2. The van der Waals surface area contributed by atoms with Crippen molar-refractivity contribution in [3.05, 3.63) is 119 Å². The van der Waals surface area contributed by atoms with Crippen LogP contribution in [-0.2, 0) is 32.2 Å². The normalized spacial score (nSPS) is 17.3. The molecule has 1 aromatic heterocycles. The van der Waals surface area contributed by atoms with Crippen LogP contribution < -0.4 is 5.32 Å². The van der Waals surface area contributed by atoms with Crippen molar-refractivity contribution in [3.8, 4) is 11.1 Å². The summed E-state index contributed by atoms with van der Waals surface area (Å²) in [6.07, 6.45) is 4.43. The van der Waals surface area contributed by atoms with E-state index < -0.39 is 18.2 Å². The van der Waals surface area contributed by atoms with Crippen LogP contribution >= 0.6 is 11.8 Å². The van der Waals surface area contributed by atoms with E-state index in [1.165, 1.54) is 11.8 Å².